The van der Waals surface area contributed by atoms with Crippen molar-refractivity contribution in [3.63, 3.8) is 0 Å². The van der Waals surface area contributed by atoms with E-state index in [1.54, 1.807) is 0 Å². The fraction of sp³-hybridized carbons (Fsp3) is 0.714. The molecule has 0 amide bonds. The van der Waals surface area contributed by atoms with Gasteiger partial charge in [-0.2, -0.15) is 0 Å². The molecule has 0 saturated carbocycles. The largest absolute Gasteiger partial charge is 0.300 e. The molecular weight excluding hydrogens is 98.1 g/mol. The predicted molar refractivity (Wildman–Crippen MR) is 35.8 cm³/mol. The molecule has 1 heterocycles. The molecule has 0 aliphatic carbocycles. The average Bonchev–Trinajstić information content (AvgIpc) is 1.61. The van der Waals surface area contributed by atoms with E-state index in [1.807, 2.05) is 0 Å². The van der Waals surface area contributed by atoms with Crippen LogP contribution in [0.4, 0.5) is 0 Å². The summed E-state index contributed by atoms with van der Waals surface area (Å²) >= 11 is 0. The van der Waals surface area contributed by atoms with E-state index in [-0.39, 0.29) is 0 Å². The molecule has 1 aliphatic heterocycles. The lowest BCUT2D eigenvalue weighted by molar-refractivity contribution is 0.157. The Balaban J connectivity index is 2.37. The Morgan fingerprint density at radius 3 is 2.38 bits per heavy atom. The second-order valence-electron chi connectivity index (χ2n) is 2.63. The highest BCUT2D eigenvalue weighted by Crippen LogP contribution is 2.19. The summed E-state index contributed by atoms with van der Waals surface area (Å²) < 4.78 is 0. The predicted octanol–water partition coefficient (Wildman–Crippen LogP) is 1.27. The molecule has 1 rings (SSSR count). The number of likely N-dealkylation sites (tertiary alicyclic amines) is 1. The topological polar surface area (TPSA) is 3.24 Å². The van der Waals surface area contributed by atoms with Gasteiger partial charge in [0.15, 0.2) is 0 Å². The van der Waals surface area contributed by atoms with Gasteiger partial charge in [0.2, 0.25) is 0 Å². The zero-order valence-corrected chi connectivity index (χ0v) is 5.65. The van der Waals surface area contributed by atoms with Crippen LogP contribution in [0, 0.1) is 0 Å². The van der Waals surface area contributed by atoms with Crippen LogP contribution < -0.4 is 0 Å². The van der Waals surface area contributed by atoms with Gasteiger partial charge in [0.25, 0.3) is 0 Å². The minimum atomic E-state index is 0.690. The fourth-order valence-electron chi connectivity index (χ4n) is 1.14. The summed E-state index contributed by atoms with van der Waals surface area (Å²) in [6, 6.07) is 0.690. The molecule has 1 nitrogen and oxygen atoms in total. The first-order valence-corrected chi connectivity index (χ1v) is 3.07. The van der Waals surface area contributed by atoms with Crippen LogP contribution in [0.3, 0.4) is 0 Å². The summed E-state index contributed by atoms with van der Waals surface area (Å²) in [4.78, 5) is 2.32. The Morgan fingerprint density at radius 2 is 2.38 bits per heavy atom. The highest BCUT2D eigenvalue weighted by atomic mass is 15.2. The van der Waals surface area contributed by atoms with Gasteiger partial charge in [-0.25, -0.2) is 0 Å². The van der Waals surface area contributed by atoms with Crippen molar-refractivity contribution in [2.45, 2.75) is 19.4 Å². The second-order valence-corrected chi connectivity index (χ2v) is 2.63. The monoisotopic (exact) mass is 111 g/mol. The smallest absolute Gasteiger partial charge is 0.0311 e. The van der Waals surface area contributed by atoms with E-state index >= 15 is 0 Å². The van der Waals surface area contributed by atoms with Gasteiger partial charge in [0, 0.05) is 12.6 Å². The van der Waals surface area contributed by atoms with E-state index in [2.05, 4.69) is 25.5 Å². The van der Waals surface area contributed by atoms with Crippen molar-refractivity contribution in [3.8, 4) is 0 Å². The molecule has 0 aromatic heterocycles. The van der Waals surface area contributed by atoms with Gasteiger partial charge < -0.3 is 0 Å². The van der Waals surface area contributed by atoms with Crippen LogP contribution in [-0.4, -0.2) is 24.5 Å². The molecule has 46 valence electrons. The van der Waals surface area contributed by atoms with Crippen molar-refractivity contribution < 1.29 is 0 Å². The zero-order valence-electron chi connectivity index (χ0n) is 5.65. The SMILES string of the molecule is C=C(C)C1CCN1C. The lowest BCUT2D eigenvalue weighted by Crippen LogP contribution is -2.44. The molecule has 1 fully saturated rings. The fourth-order valence-corrected chi connectivity index (χ4v) is 1.14. The van der Waals surface area contributed by atoms with Gasteiger partial charge in [-0.1, -0.05) is 12.2 Å². The minimum Gasteiger partial charge on any atom is -0.300 e. The van der Waals surface area contributed by atoms with Crippen molar-refractivity contribution in [2.24, 2.45) is 0 Å². The van der Waals surface area contributed by atoms with Gasteiger partial charge in [-0.3, -0.25) is 4.90 Å². The van der Waals surface area contributed by atoms with E-state index in [1.165, 1.54) is 18.5 Å². The molecule has 0 aromatic carbocycles. The van der Waals surface area contributed by atoms with Crippen molar-refractivity contribution in [1.82, 2.24) is 4.90 Å². The first-order chi connectivity index (χ1) is 3.72. The molecule has 0 spiro atoms. The summed E-state index contributed by atoms with van der Waals surface area (Å²) in [5.74, 6) is 0. The Morgan fingerprint density at radius 1 is 1.75 bits per heavy atom. The van der Waals surface area contributed by atoms with Crippen LogP contribution in [0.2, 0.25) is 0 Å². The third-order valence-corrected chi connectivity index (χ3v) is 1.86. The lowest BCUT2D eigenvalue weighted by Gasteiger charge is -2.38. The molecular formula is C7H13N. The molecule has 0 N–H and O–H groups in total. The van der Waals surface area contributed by atoms with Gasteiger partial charge in [-0.15, -0.1) is 0 Å². The minimum absolute atomic E-state index is 0.690. The molecule has 0 radical (unpaired) electrons. The van der Waals surface area contributed by atoms with E-state index in [9.17, 15) is 0 Å². The Labute approximate surface area is 51.0 Å². The first kappa shape index (κ1) is 5.83. The van der Waals surface area contributed by atoms with Crippen molar-refractivity contribution in [2.75, 3.05) is 13.6 Å². The second kappa shape index (κ2) is 1.90. The number of nitrogens with zero attached hydrogens (tertiary/aromatic N) is 1. The van der Waals surface area contributed by atoms with Crippen molar-refractivity contribution >= 4 is 0 Å². The Hall–Kier alpha value is -0.300. The molecule has 0 aromatic rings. The Kier molecular flexibility index (Phi) is 1.39. The molecule has 1 heteroatoms. The number of hydrogen-bond donors (Lipinski definition) is 0. The number of likely N-dealkylation sites (N-methyl/N-ethyl adjacent to an activating group) is 1. The van der Waals surface area contributed by atoms with Gasteiger partial charge >= 0.3 is 0 Å². The van der Waals surface area contributed by atoms with E-state index in [0.717, 1.165) is 0 Å². The number of hydrogen-bond acceptors (Lipinski definition) is 1. The maximum Gasteiger partial charge on any atom is 0.0311 e. The Bertz CT molecular complexity index is 107. The molecule has 0 bridgehead atoms. The van der Waals surface area contributed by atoms with Crippen molar-refractivity contribution in [1.29, 1.82) is 0 Å². The molecule has 1 aliphatic rings. The van der Waals surface area contributed by atoms with Gasteiger partial charge in [-0.05, 0) is 20.4 Å². The van der Waals surface area contributed by atoms with E-state index < -0.39 is 0 Å². The normalized spacial score (nSPS) is 29.5. The van der Waals surface area contributed by atoms with Crippen LogP contribution in [0.25, 0.3) is 0 Å². The summed E-state index contributed by atoms with van der Waals surface area (Å²) in [7, 11) is 2.14. The molecule has 1 unspecified atom stereocenters. The standard InChI is InChI=1S/C7H13N/c1-6(2)7-4-5-8(7)3/h7H,1,4-5H2,2-3H3. The summed E-state index contributed by atoms with van der Waals surface area (Å²) in [5.41, 5.74) is 1.30. The molecule has 1 atom stereocenters. The van der Waals surface area contributed by atoms with Gasteiger partial charge in [0.1, 0.15) is 0 Å². The van der Waals surface area contributed by atoms with Crippen LogP contribution in [0.5, 0.6) is 0 Å². The van der Waals surface area contributed by atoms with Crippen LogP contribution >= 0.6 is 0 Å². The van der Waals surface area contributed by atoms with E-state index in [0.29, 0.717) is 6.04 Å². The quantitative estimate of drug-likeness (QED) is 0.460. The highest BCUT2D eigenvalue weighted by molar-refractivity contribution is 5.06. The van der Waals surface area contributed by atoms with Crippen LogP contribution in [0.1, 0.15) is 13.3 Å². The first-order valence-electron chi connectivity index (χ1n) is 3.07. The maximum atomic E-state index is 3.89. The zero-order chi connectivity index (χ0) is 6.15. The summed E-state index contributed by atoms with van der Waals surface area (Å²) in [5, 5.41) is 0. The van der Waals surface area contributed by atoms with Crippen molar-refractivity contribution in [3.05, 3.63) is 12.2 Å². The highest BCUT2D eigenvalue weighted by Gasteiger charge is 2.23. The third kappa shape index (κ3) is 0.781. The average molecular weight is 111 g/mol. The van der Waals surface area contributed by atoms with Crippen LogP contribution in [-0.2, 0) is 0 Å². The van der Waals surface area contributed by atoms with Gasteiger partial charge in [0.05, 0.1) is 0 Å². The lowest BCUT2D eigenvalue weighted by atomic mass is 9.98. The molecule has 8 heavy (non-hydrogen) atoms. The number of rotatable bonds is 1. The third-order valence-electron chi connectivity index (χ3n) is 1.86. The summed E-state index contributed by atoms with van der Waals surface area (Å²) in [6.07, 6.45) is 1.31. The molecule has 1 saturated heterocycles. The van der Waals surface area contributed by atoms with E-state index in [4.69, 9.17) is 0 Å². The van der Waals surface area contributed by atoms with Crippen LogP contribution in [0.15, 0.2) is 12.2 Å². The summed E-state index contributed by atoms with van der Waals surface area (Å²) in [6.45, 7) is 7.23. The maximum absolute atomic E-state index is 3.89.